The van der Waals surface area contributed by atoms with Gasteiger partial charge >= 0.3 is 0 Å². The van der Waals surface area contributed by atoms with Crippen LogP contribution >= 0.6 is 11.6 Å². The number of imide groups is 1. The molecule has 0 radical (unpaired) electrons. The first-order chi connectivity index (χ1) is 12.6. The standard InChI is InChI=1S/C21H18ClNO3/c22-16-10-8-15(9-11-16)14-18-19(24)23(17-6-2-1-3-7-17)20(25)21(18)12-4-5-13-26-21/h1-3,6-11,14H,4-5,12-13H2. The highest BCUT2D eigenvalue weighted by atomic mass is 35.5. The summed E-state index contributed by atoms with van der Waals surface area (Å²) in [5, 5.41) is 0.621. The van der Waals surface area contributed by atoms with Gasteiger partial charge in [-0.15, -0.1) is 0 Å². The minimum absolute atomic E-state index is 0.298. The highest BCUT2D eigenvalue weighted by molar-refractivity contribution is 6.34. The average molecular weight is 368 g/mol. The van der Waals surface area contributed by atoms with Crippen molar-refractivity contribution in [1.29, 1.82) is 0 Å². The lowest BCUT2D eigenvalue weighted by atomic mass is 9.86. The molecule has 2 fully saturated rings. The molecule has 2 saturated heterocycles. The lowest BCUT2D eigenvalue weighted by molar-refractivity contribution is -0.140. The van der Waals surface area contributed by atoms with Crippen LogP contribution in [0.3, 0.4) is 0 Å². The number of halogens is 1. The van der Waals surface area contributed by atoms with E-state index in [1.165, 1.54) is 4.90 Å². The number of anilines is 1. The molecule has 132 valence electrons. The molecule has 0 aromatic heterocycles. The van der Waals surface area contributed by atoms with Crippen molar-refractivity contribution in [2.45, 2.75) is 24.9 Å². The van der Waals surface area contributed by atoms with Crippen LogP contribution in [0.1, 0.15) is 24.8 Å². The molecule has 4 nitrogen and oxygen atoms in total. The van der Waals surface area contributed by atoms with Gasteiger partial charge in [0.05, 0.1) is 11.3 Å². The van der Waals surface area contributed by atoms with Gasteiger partial charge in [0, 0.05) is 11.6 Å². The fraction of sp³-hybridized carbons (Fsp3) is 0.238. The van der Waals surface area contributed by atoms with E-state index in [1.807, 2.05) is 30.3 Å². The summed E-state index contributed by atoms with van der Waals surface area (Å²) in [5.74, 6) is -0.619. The van der Waals surface area contributed by atoms with Gasteiger partial charge in [0.15, 0.2) is 5.60 Å². The first kappa shape index (κ1) is 17.0. The molecule has 4 rings (SSSR count). The Morgan fingerprint density at radius 2 is 1.73 bits per heavy atom. The van der Waals surface area contributed by atoms with Crippen LogP contribution in [0.15, 0.2) is 60.2 Å². The van der Waals surface area contributed by atoms with E-state index < -0.39 is 5.60 Å². The SMILES string of the molecule is O=C1C(=Cc2ccc(Cl)cc2)C2(CCCCO2)C(=O)N1c1ccccc1. The lowest BCUT2D eigenvalue weighted by Gasteiger charge is -2.32. The Bertz CT molecular complexity index is 868. The molecule has 0 saturated carbocycles. The zero-order chi connectivity index (χ0) is 18.1. The van der Waals surface area contributed by atoms with Gasteiger partial charge < -0.3 is 4.74 Å². The summed E-state index contributed by atoms with van der Waals surface area (Å²) in [4.78, 5) is 27.7. The van der Waals surface area contributed by atoms with Crippen molar-refractivity contribution in [3.8, 4) is 0 Å². The number of rotatable bonds is 2. The van der Waals surface area contributed by atoms with Crippen molar-refractivity contribution in [2.75, 3.05) is 11.5 Å². The second kappa shape index (κ2) is 6.71. The van der Waals surface area contributed by atoms with Gasteiger partial charge in [-0.2, -0.15) is 0 Å². The number of ether oxygens (including phenoxy) is 1. The highest BCUT2D eigenvalue weighted by Gasteiger charge is 2.57. The first-order valence-corrected chi connectivity index (χ1v) is 9.05. The quantitative estimate of drug-likeness (QED) is 0.589. The molecule has 2 heterocycles. The molecular formula is C21H18ClNO3. The van der Waals surface area contributed by atoms with Gasteiger partial charge in [-0.3, -0.25) is 9.59 Å². The average Bonchev–Trinajstić information content (AvgIpc) is 2.86. The van der Waals surface area contributed by atoms with Crippen LogP contribution in [0.5, 0.6) is 0 Å². The molecule has 0 bridgehead atoms. The van der Waals surface area contributed by atoms with E-state index in [-0.39, 0.29) is 11.8 Å². The molecule has 0 aliphatic carbocycles. The van der Waals surface area contributed by atoms with Crippen LogP contribution < -0.4 is 4.90 Å². The predicted molar refractivity (Wildman–Crippen MR) is 101 cm³/mol. The predicted octanol–water partition coefficient (Wildman–Crippen LogP) is 4.24. The van der Waals surface area contributed by atoms with Crippen molar-refractivity contribution in [3.05, 3.63) is 70.8 Å². The molecule has 2 amide bonds. The highest BCUT2D eigenvalue weighted by Crippen LogP contribution is 2.42. The Morgan fingerprint density at radius 1 is 1.00 bits per heavy atom. The monoisotopic (exact) mass is 367 g/mol. The number of carbonyl (C=O) groups is 2. The molecule has 2 aliphatic rings. The van der Waals surface area contributed by atoms with Gasteiger partial charge in [-0.25, -0.2) is 4.90 Å². The van der Waals surface area contributed by atoms with Crippen LogP contribution in [0, 0.1) is 0 Å². The lowest BCUT2D eigenvalue weighted by Crippen LogP contribution is -2.45. The smallest absolute Gasteiger partial charge is 0.271 e. The molecule has 26 heavy (non-hydrogen) atoms. The Labute approximate surface area is 157 Å². The molecular weight excluding hydrogens is 350 g/mol. The minimum atomic E-state index is -1.19. The summed E-state index contributed by atoms with van der Waals surface area (Å²) in [6.45, 7) is 0.472. The van der Waals surface area contributed by atoms with Crippen molar-refractivity contribution in [3.63, 3.8) is 0 Å². The van der Waals surface area contributed by atoms with E-state index >= 15 is 0 Å². The molecule has 1 atom stereocenters. The van der Waals surface area contributed by atoms with Gasteiger partial charge in [0.25, 0.3) is 11.8 Å². The maximum atomic E-state index is 13.3. The maximum absolute atomic E-state index is 13.3. The van der Waals surface area contributed by atoms with Gasteiger partial charge in [-0.05, 0) is 55.2 Å². The van der Waals surface area contributed by atoms with Crippen LogP contribution in [0.25, 0.3) is 6.08 Å². The Kier molecular flexibility index (Phi) is 4.39. The van der Waals surface area contributed by atoms with E-state index in [0.29, 0.717) is 29.3 Å². The fourth-order valence-corrected chi connectivity index (χ4v) is 3.70. The van der Waals surface area contributed by atoms with E-state index in [1.54, 1.807) is 30.3 Å². The van der Waals surface area contributed by atoms with Crippen LogP contribution in [0.4, 0.5) is 5.69 Å². The molecule has 1 unspecified atom stereocenters. The molecule has 0 N–H and O–H groups in total. The largest absolute Gasteiger partial charge is 0.360 e. The minimum Gasteiger partial charge on any atom is -0.360 e. The number of amides is 2. The summed E-state index contributed by atoms with van der Waals surface area (Å²) in [7, 11) is 0. The van der Waals surface area contributed by atoms with Crippen LogP contribution in [0.2, 0.25) is 5.02 Å². The third-order valence-corrected chi connectivity index (χ3v) is 5.14. The van der Waals surface area contributed by atoms with Crippen molar-refractivity contribution in [1.82, 2.24) is 0 Å². The maximum Gasteiger partial charge on any atom is 0.271 e. The van der Waals surface area contributed by atoms with Crippen molar-refractivity contribution >= 4 is 35.2 Å². The number of nitrogens with zero attached hydrogens (tertiary/aromatic N) is 1. The zero-order valence-corrected chi connectivity index (χ0v) is 14.9. The number of hydrogen-bond acceptors (Lipinski definition) is 3. The zero-order valence-electron chi connectivity index (χ0n) is 14.2. The Morgan fingerprint density at radius 3 is 2.38 bits per heavy atom. The summed E-state index contributed by atoms with van der Waals surface area (Å²) in [5.41, 5.74) is 0.586. The fourth-order valence-electron chi connectivity index (χ4n) is 3.57. The second-order valence-electron chi connectivity index (χ2n) is 6.52. The molecule has 2 aromatic rings. The summed E-state index contributed by atoms with van der Waals surface area (Å²) in [6, 6.07) is 16.2. The van der Waals surface area contributed by atoms with Gasteiger partial charge in [-0.1, -0.05) is 41.9 Å². The van der Waals surface area contributed by atoms with E-state index in [2.05, 4.69) is 0 Å². The van der Waals surface area contributed by atoms with Crippen molar-refractivity contribution < 1.29 is 14.3 Å². The number of para-hydroxylation sites is 1. The van der Waals surface area contributed by atoms with E-state index in [0.717, 1.165) is 18.4 Å². The van der Waals surface area contributed by atoms with Crippen molar-refractivity contribution in [2.24, 2.45) is 0 Å². The Balaban J connectivity index is 1.83. The Hall–Kier alpha value is -2.43. The first-order valence-electron chi connectivity index (χ1n) is 8.67. The topological polar surface area (TPSA) is 46.6 Å². The number of carbonyl (C=O) groups excluding carboxylic acids is 2. The van der Waals surface area contributed by atoms with Gasteiger partial charge in [0.1, 0.15) is 0 Å². The summed E-state index contributed by atoms with van der Waals surface area (Å²) >= 11 is 5.95. The third kappa shape index (κ3) is 2.75. The summed E-state index contributed by atoms with van der Waals surface area (Å²) < 4.78 is 5.96. The van der Waals surface area contributed by atoms with E-state index in [4.69, 9.17) is 16.3 Å². The number of benzene rings is 2. The van der Waals surface area contributed by atoms with Crippen LogP contribution in [-0.4, -0.2) is 24.0 Å². The molecule has 1 spiro atoms. The molecule has 2 aromatic carbocycles. The van der Waals surface area contributed by atoms with Crippen LogP contribution in [-0.2, 0) is 14.3 Å². The normalized spacial score (nSPS) is 24.7. The summed E-state index contributed by atoms with van der Waals surface area (Å²) in [6.07, 6.45) is 4.01. The second-order valence-corrected chi connectivity index (χ2v) is 6.96. The molecule has 2 aliphatic heterocycles. The van der Waals surface area contributed by atoms with E-state index in [9.17, 15) is 9.59 Å². The van der Waals surface area contributed by atoms with Gasteiger partial charge in [0.2, 0.25) is 0 Å². The molecule has 5 heteroatoms. The third-order valence-electron chi connectivity index (χ3n) is 4.88. The number of hydrogen-bond donors (Lipinski definition) is 0.